The number of benzene rings is 1. The molecule has 0 spiro atoms. The molecule has 1 amide bonds. The summed E-state index contributed by atoms with van der Waals surface area (Å²) in [6, 6.07) is 2.20. The van der Waals surface area contributed by atoms with Crippen molar-refractivity contribution in [1.82, 2.24) is 4.90 Å². The van der Waals surface area contributed by atoms with Gasteiger partial charge in [0.25, 0.3) is 0 Å². The molecule has 0 aromatic heterocycles. The molecule has 1 aromatic carbocycles. The second-order valence-electron chi connectivity index (χ2n) is 5.79. The van der Waals surface area contributed by atoms with E-state index in [0.717, 1.165) is 13.2 Å². The number of ether oxygens (including phenoxy) is 1. The molecule has 1 aliphatic heterocycles. The summed E-state index contributed by atoms with van der Waals surface area (Å²) < 4.78 is 44.8. The lowest BCUT2D eigenvalue weighted by Gasteiger charge is -2.32. The molecule has 0 radical (unpaired) electrons. The molecule has 2 rings (SSSR count). The molecule has 1 saturated heterocycles. The van der Waals surface area contributed by atoms with E-state index in [1.807, 2.05) is 0 Å². The number of esters is 1. The van der Waals surface area contributed by atoms with Crippen molar-refractivity contribution in [3.8, 4) is 0 Å². The summed E-state index contributed by atoms with van der Waals surface area (Å²) in [6.45, 7) is 1.94. The van der Waals surface area contributed by atoms with Gasteiger partial charge in [-0.25, -0.2) is 9.59 Å². The molecular weight excluding hydrogens is 327 g/mol. The number of likely N-dealkylation sites (tertiary alicyclic amines) is 1. The van der Waals surface area contributed by atoms with E-state index in [0.29, 0.717) is 18.4 Å². The maximum Gasteiger partial charge on any atom is 0.416 e. The van der Waals surface area contributed by atoms with Gasteiger partial charge in [0.1, 0.15) is 0 Å². The first-order valence-corrected chi connectivity index (χ1v) is 7.43. The Morgan fingerprint density at radius 2 is 1.83 bits per heavy atom. The topological polar surface area (TPSA) is 66.8 Å². The summed E-state index contributed by atoms with van der Waals surface area (Å²) in [7, 11) is 1.12. The van der Waals surface area contributed by atoms with E-state index in [2.05, 4.69) is 4.74 Å². The Hall–Kier alpha value is -2.25. The van der Waals surface area contributed by atoms with Crippen LogP contribution in [-0.4, -0.2) is 42.3 Å². The Kier molecular flexibility index (Phi) is 5.05. The lowest BCUT2D eigenvalue weighted by Crippen LogP contribution is -2.37. The Morgan fingerprint density at radius 1 is 1.25 bits per heavy atom. The van der Waals surface area contributed by atoms with Crippen LogP contribution in [0.2, 0.25) is 0 Å². The summed E-state index contributed by atoms with van der Waals surface area (Å²) >= 11 is 0. The highest BCUT2D eigenvalue weighted by Gasteiger charge is 2.37. The van der Waals surface area contributed by atoms with Crippen LogP contribution in [0, 0.1) is 6.92 Å². The zero-order valence-electron chi connectivity index (χ0n) is 13.3. The van der Waals surface area contributed by atoms with Crippen LogP contribution in [0.4, 0.5) is 18.0 Å². The zero-order chi connectivity index (χ0) is 18.1. The van der Waals surface area contributed by atoms with Crippen LogP contribution in [0.1, 0.15) is 45.8 Å². The fourth-order valence-electron chi connectivity index (χ4n) is 3.03. The lowest BCUT2D eigenvalue weighted by atomic mass is 9.84. The summed E-state index contributed by atoms with van der Waals surface area (Å²) in [5.74, 6) is -1.21. The molecular formula is C16H18F3NO4. The quantitative estimate of drug-likeness (QED) is 0.831. The number of carbonyl (C=O) groups is 2. The minimum absolute atomic E-state index is 0.109. The third-order valence-corrected chi connectivity index (χ3v) is 4.31. The average Bonchev–Trinajstić information content (AvgIpc) is 2.52. The number of carbonyl (C=O) groups excluding carboxylic acids is 1. The molecule has 1 aromatic rings. The van der Waals surface area contributed by atoms with Crippen molar-refractivity contribution >= 4 is 12.1 Å². The number of alkyl halides is 3. The number of halogens is 3. The number of hydrogen-bond donors (Lipinski definition) is 1. The number of carboxylic acid groups (broad SMARTS) is 1. The van der Waals surface area contributed by atoms with Gasteiger partial charge in [-0.15, -0.1) is 0 Å². The van der Waals surface area contributed by atoms with Crippen LogP contribution in [0.3, 0.4) is 0 Å². The van der Waals surface area contributed by atoms with Crippen molar-refractivity contribution in [1.29, 1.82) is 0 Å². The average molecular weight is 345 g/mol. The van der Waals surface area contributed by atoms with Crippen molar-refractivity contribution in [3.05, 3.63) is 34.4 Å². The largest absolute Gasteiger partial charge is 0.465 e. The van der Waals surface area contributed by atoms with Gasteiger partial charge in [0, 0.05) is 13.1 Å². The summed E-state index contributed by atoms with van der Waals surface area (Å²) in [5, 5.41) is 8.94. The molecule has 132 valence electrons. The van der Waals surface area contributed by atoms with Gasteiger partial charge in [-0.1, -0.05) is 6.07 Å². The smallest absolute Gasteiger partial charge is 0.416 e. The van der Waals surface area contributed by atoms with Crippen LogP contribution < -0.4 is 0 Å². The van der Waals surface area contributed by atoms with E-state index in [1.165, 1.54) is 11.0 Å². The predicted octanol–water partition coefficient (Wildman–Crippen LogP) is 3.66. The molecule has 1 N–H and O–H groups in total. The molecule has 0 atom stereocenters. The number of aryl methyl sites for hydroxylation is 1. The van der Waals surface area contributed by atoms with Crippen LogP contribution >= 0.6 is 0 Å². The third kappa shape index (κ3) is 3.63. The molecule has 0 aliphatic carbocycles. The third-order valence-electron chi connectivity index (χ3n) is 4.31. The van der Waals surface area contributed by atoms with Gasteiger partial charge < -0.3 is 14.7 Å². The van der Waals surface area contributed by atoms with Crippen LogP contribution in [-0.2, 0) is 10.9 Å². The first-order valence-electron chi connectivity index (χ1n) is 7.43. The van der Waals surface area contributed by atoms with Gasteiger partial charge in [-0.3, -0.25) is 0 Å². The molecule has 8 heteroatoms. The molecule has 1 aliphatic rings. The molecule has 0 bridgehead atoms. The van der Waals surface area contributed by atoms with E-state index in [-0.39, 0.29) is 24.2 Å². The number of amides is 1. The van der Waals surface area contributed by atoms with E-state index in [9.17, 15) is 22.8 Å². The van der Waals surface area contributed by atoms with Crippen LogP contribution in [0.5, 0.6) is 0 Å². The van der Waals surface area contributed by atoms with E-state index in [4.69, 9.17) is 5.11 Å². The van der Waals surface area contributed by atoms with Crippen molar-refractivity contribution < 1.29 is 32.6 Å². The standard InChI is InChI=1S/C16H18F3NO4/c1-9-7-12(10-3-5-20(6-4-10)15(22)23)13(16(17,18)19)8-11(9)14(21)24-2/h7-8,10H,3-6H2,1-2H3,(H,22,23). The number of hydrogen-bond acceptors (Lipinski definition) is 3. The zero-order valence-corrected chi connectivity index (χ0v) is 13.3. The van der Waals surface area contributed by atoms with Crippen molar-refractivity contribution in [2.24, 2.45) is 0 Å². The minimum atomic E-state index is -4.60. The normalized spacial score (nSPS) is 16.1. The van der Waals surface area contributed by atoms with E-state index < -0.39 is 29.7 Å². The van der Waals surface area contributed by atoms with Gasteiger partial charge in [0.15, 0.2) is 0 Å². The molecule has 24 heavy (non-hydrogen) atoms. The number of piperidine rings is 1. The van der Waals surface area contributed by atoms with Crippen molar-refractivity contribution in [3.63, 3.8) is 0 Å². The fraction of sp³-hybridized carbons (Fsp3) is 0.500. The monoisotopic (exact) mass is 345 g/mol. The van der Waals surface area contributed by atoms with E-state index in [1.54, 1.807) is 6.92 Å². The maximum absolute atomic E-state index is 13.4. The molecule has 1 fully saturated rings. The highest BCUT2D eigenvalue weighted by atomic mass is 19.4. The highest BCUT2D eigenvalue weighted by Crippen LogP contribution is 2.40. The number of nitrogens with zero attached hydrogens (tertiary/aromatic N) is 1. The minimum Gasteiger partial charge on any atom is -0.465 e. The summed E-state index contributed by atoms with van der Waals surface area (Å²) in [4.78, 5) is 23.8. The number of rotatable bonds is 2. The second kappa shape index (κ2) is 6.70. The lowest BCUT2D eigenvalue weighted by molar-refractivity contribution is -0.138. The predicted molar refractivity (Wildman–Crippen MR) is 79.1 cm³/mol. The van der Waals surface area contributed by atoms with E-state index >= 15 is 0 Å². The Bertz CT molecular complexity index is 649. The van der Waals surface area contributed by atoms with Gasteiger partial charge in [0.2, 0.25) is 0 Å². The molecule has 0 unspecified atom stereocenters. The first kappa shape index (κ1) is 18.1. The Balaban J connectivity index is 2.41. The molecule has 5 nitrogen and oxygen atoms in total. The second-order valence-corrected chi connectivity index (χ2v) is 5.79. The van der Waals surface area contributed by atoms with Gasteiger partial charge in [-0.2, -0.15) is 13.2 Å². The highest BCUT2D eigenvalue weighted by molar-refractivity contribution is 5.91. The van der Waals surface area contributed by atoms with Gasteiger partial charge in [0.05, 0.1) is 18.2 Å². The summed E-state index contributed by atoms with van der Waals surface area (Å²) in [5.41, 5.74) is -0.456. The Labute approximate surface area is 137 Å². The maximum atomic E-state index is 13.4. The first-order chi connectivity index (χ1) is 11.1. The molecule has 0 saturated carbocycles. The Morgan fingerprint density at radius 3 is 2.29 bits per heavy atom. The SMILES string of the molecule is COC(=O)c1cc(C(F)(F)F)c(C2CCN(C(=O)O)CC2)cc1C. The van der Waals surface area contributed by atoms with Gasteiger partial charge >= 0.3 is 18.2 Å². The number of methoxy groups -OCH3 is 1. The van der Waals surface area contributed by atoms with Crippen LogP contribution in [0.25, 0.3) is 0 Å². The van der Waals surface area contributed by atoms with Gasteiger partial charge in [-0.05, 0) is 42.9 Å². The van der Waals surface area contributed by atoms with Crippen molar-refractivity contribution in [2.75, 3.05) is 20.2 Å². The summed E-state index contributed by atoms with van der Waals surface area (Å²) in [6.07, 6.45) is -5.05. The van der Waals surface area contributed by atoms with Crippen molar-refractivity contribution in [2.45, 2.75) is 31.9 Å². The molecule has 1 heterocycles. The fourth-order valence-corrected chi connectivity index (χ4v) is 3.03. The van der Waals surface area contributed by atoms with Crippen LogP contribution in [0.15, 0.2) is 12.1 Å².